The van der Waals surface area contributed by atoms with Gasteiger partial charge in [-0.1, -0.05) is 13.8 Å². The maximum absolute atomic E-state index is 11.8. The van der Waals surface area contributed by atoms with Crippen molar-refractivity contribution in [2.75, 3.05) is 13.2 Å². The molecule has 0 bridgehead atoms. The highest BCUT2D eigenvalue weighted by Crippen LogP contribution is 2.22. The van der Waals surface area contributed by atoms with Crippen molar-refractivity contribution in [3.05, 3.63) is 23.8 Å². The Balaban J connectivity index is 3.05. The van der Waals surface area contributed by atoms with Crippen LogP contribution in [0, 0.1) is 0 Å². The molecule has 3 N–H and O–H groups in total. The maximum Gasteiger partial charge on any atom is 0.240 e. The van der Waals surface area contributed by atoms with E-state index in [0.29, 0.717) is 24.5 Å². The lowest BCUT2D eigenvalue weighted by molar-refractivity contribution is 0.314. The van der Waals surface area contributed by atoms with Crippen LogP contribution in [0.3, 0.4) is 0 Å². The van der Waals surface area contributed by atoms with Gasteiger partial charge < -0.3 is 10.5 Å². The molecule has 0 spiro atoms. The molecule has 0 heterocycles. The normalized spacial score (nSPS) is 11.5. The molecule has 0 aliphatic carbocycles. The summed E-state index contributed by atoms with van der Waals surface area (Å²) in [6.45, 7) is 4.93. The van der Waals surface area contributed by atoms with Gasteiger partial charge in [0.25, 0.3) is 0 Å². The fourth-order valence-corrected chi connectivity index (χ4v) is 2.60. The van der Waals surface area contributed by atoms with E-state index in [1.165, 1.54) is 6.07 Å². The molecule has 1 rings (SSSR count). The van der Waals surface area contributed by atoms with Crippen molar-refractivity contribution in [1.82, 2.24) is 4.72 Å². The summed E-state index contributed by atoms with van der Waals surface area (Å²) in [6.07, 6.45) is 0.890. The van der Waals surface area contributed by atoms with E-state index in [9.17, 15) is 8.42 Å². The number of rotatable bonds is 7. The van der Waals surface area contributed by atoms with E-state index < -0.39 is 10.0 Å². The van der Waals surface area contributed by atoms with E-state index in [-0.39, 0.29) is 11.4 Å². The van der Waals surface area contributed by atoms with Gasteiger partial charge >= 0.3 is 0 Å². The topological polar surface area (TPSA) is 81.4 Å². The Hall–Kier alpha value is -1.11. The predicted octanol–water partition coefficient (Wildman–Crippen LogP) is 1.23. The molecule has 0 unspecified atom stereocenters. The molecule has 0 amide bonds. The van der Waals surface area contributed by atoms with E-state index in [1.807, 2.05) is 6.92 Å². The van der Waals surface area contributed by atoms with E-state index in [4.69, 9.17) is 10.5 Å². The fraction of sp³-hybridized carbons (Fsp3) is 0.500. The lowest BCUT2D eigenvalue weighted by Gasteiger charge is -2.12. The van der Waals surface area contributed by atoms with E-state index >= 15 is 0 Å². The number of nitrogens with one attached hydrogen (secondary N) is 1. The van der Waals surface area contributed by atoms with Gasteiger partial charge in [0, 0.05) is 18.7 Å². The van der Waals surface area contributed by atoms with E-state index in [1.54, 1.807) is 19.1 Å². The van der Waals surface area contributed by atoms with Crippen molar-refractivity contribution in [2.24, 2.45) is 5.73 Å². The summed E-state index contributed by atoms with van der Waals surface area (Å²) < 4.78 is 31.6. The molecule has 0 radical (unpaired) electrons. The van der Waals surface area contributed by atoms with E-state index in [2.05, 4.69) is 4.72 Å². The molecule has 0 saturated carbocycles. The van der Waals surface area contributed by atoms with Gasteiger partial charge in [0.05, 0.1) is 11.5 Å². The Morgan fingerprint density at radius 3 is 2.61 bits per heavy atom. The molecule has 0 fully saturated rings. The first-order valence-electron chi connectivity index (χ1n) is 6.00. The minimum Gasteiger partial charge on any atom is -0.493 e. The van der Waals surface area contributed by atoms with Crippen LogP contribution in [0.4, 0.5) is 0 Å². The van der Waals surface area contributed by atoms with Crippen LogP contribution in [0.25, 0.3) is 0 Å². The van der Waals surface area contributed by atoms with Gasteiger partial charge in [-0.25, -0.2) is 13.1 Å². The largest absolute Gasteiger partial charge is 0.493 e. The number of benzene rings is 1. The quantitative estimate of drug-likeness (QED) is 0.782. The lowest BCUT2D eigenvalue weighted by Crippen LogP contribution is -2.23. The van der Waals surface area contributed by atoms with Gasteiger partial charge in [0.2, 0.25) is 10.0 Å². The zero-order chi connectivity index (χ0) is 13.6. The fourth-order valence-electron chi connectivity index (χ4n) is 1.51. The molecule has 0 saturated heterocycles. The van der Waals surface area contributed by atoms with Gasteiger partial charge in [-0.3, -0.25) is 0 Å². The smallest absolute Gasteiger partial charge is 0.240 e. The average Bonchev–Trinajstić information content (AvgIpc) is 2.36. The Bertz CT molecular complexity index is 486. The minimum absolute atomic E-state index is 0.216. The third-order valence-electron chi connectivity index (χ3n) is 2.36. The number of ether oxygens (including phenoxy) is 1. The summed E-state index contributed by atoms with van der Waals surface area (Å²) in [5.74, 6) is 0.648. The Kier molecular flexibility index (Phi) is 5.58. The van der Waals surface area contributed by atoms with Crippen molar-refractivity contribution >= 4 is 10.0 Å². The highest BCUT2D eigenvalue weighted by molar-refractivity contribution is 7.89. The van der Waals surface area contributed by atoms with E-state index in [0.717, 1.165) is 6.42 Å². The van der Waals surface area contributed by atoms with Crippen LogP contribution in [0.2, 0.25) is 0 Å². The van der Waals surface area contributed by atoms with Crippen LogP contribution in [0.15, 0.2) is 23.1 Å². The maximum atomic E-state index is 11.8. The molecule has 18 heavy (non-hydrogen) atoms. The highest BCUT2D eigenvalue weighted by Gasteiger charge is 2.14. The van der Waals surface area contributed by atoms with Crippen LogP contribution in [-0.4, -0.2) is 21.6 Å². The molecule has 0 aliphatic heterocycles. The van der Waals surface area contributed by atoms with Crippen LogP contribution >= 0.6 is 0 Å². The summed E-state index contributed by atoms with van der Waals surface area (Å²) >= 11 is 0. The van der Waals surface area contributed by atoms with Crippen molar-refractivity contribution in [3.8, 4) is 5.75 Å². The van der Waals surface area contributed by atoms with Crippen molar-refractivity contribution in [3.63, 3.8) is 0 Å². The summed E-state index contributed by atoms with van der Waals surface area (Å²) in [4.78, 5) is 0.216. The summed E-state index contributed by atoms with van der Waals surface area (Å²) in [5, 5.41) is 0. The van der Waals surface area contributed by atoms with Gasteiger partial charge in [0.15, 0.2) is 0 Å². The van der Waals surface area contributed by atoms with Crippen LogP contribution < -0.4 is 15.2 Å². The summed E-state index contributed by atoms with van der Waals surface area (Å²) in [7, 11) is -3.44. The van der Waals surface area contributed by atoms with Crippen molar-refractivity contribution in [2.45, 2.75) is 31.7 Å². The van der Waals surface area contributed by atoms with Crippen molar-refractivity contribution in [1.29, 1.82) is 0 Å². The Morgan fingerprint density at radius 2 is 2.06 bits per heavy atom. The summed E-state index contributed by atoms with van der Waals surface area (Å²) in [6, 6.07) is 4.74. The second-order valence-electron chi connectivity index (χ2n) is 3.82. The molecule has 102 valence electrons. The number of hydrogen-bond acceptors (Lipinski definition) is 4. The van der Waals surface area contributed by atoms with Gasteiger partial charge in [-0.05, 0) is 24.6 Å². The summed E-state index contributed by atoms with van der Waals surface area (Å²) in [5.41, 5.74) is 6.31. The second-order valence-corrected chi connectivity index (χ2v) is 5.59. The molecule has 1 aromatic rings. The minimum atomic E-state index is -3.44. The molecular formula is C12H20N2O3S. The second kappa shape index (κ2) is 6.72. The third kappa shape index (κ3) is 3.69. The van der Waals surface area contributed by atoms with Gasteiger partial charge in [0.1, 0.15) is 5.75 Å². The van der Waals surface area contributed by atoms with Crippen molar-refractivity contribution < 1.29 is 13.2 Å². The van der Waals surface area contributed by atoms with Crippen LogP contribution in [0.5, 0.6) is 5.75 Å². The third-order valence-corrected chi connectivity index (χ3v) is 3.90. The van der Waals surface area contributed by atoms with Gasteiger partial charge in [-0.2, -0.15) is 0 Å². The number of nitrogens with two attached hydrogens (primary N) is 1. The molecule has 1 aromatic carbocycles. The molecule has 0 aliphatic rings. The molecular weight excluding hydrogens is 252 g/mol. The molecule has 0 aromatic heterocycles. The SMILES string of the molecule is CCCOc1ccc(S(=O)(=O)NCC)cc1CN. The van der Waals surface area contributed by atoms with Crippen LogP contribution in [0.1, 0.15) is 25.8 Å². The molecule has 6 heteroatoms. The first kappa shape index (κ1) is 14.9. The molecule has 5 nitrogen and oxygen atoms in total. The number of hydrogen-bond donors (Lipinski definition) is 2. The van der Waals surface area contributed by atoms with Crippen LogP contribution in [-0.2, 0) is 16.6 Å². The molecule has 0 atom stereocenters. The van der Waals surface area contributed by atoms with Gasteiger partial charge in [-0.15, -0.1) is 0 Å². The average molecular weight is 272 g/mol. The first-order chi connectivity index (χ1) is 8.55. The predicted molar refractivity (Wildman–Crippen MR) is 71.0 cm³/mol. The lowest BCUT2D eigenvalue weighted by atomic mass is 10.2. The highest BCUT2D eigenvalue weighted by atomic mass is 32.2. The standard InChI is InChI=1S/C12H20N2O3S/c1-3-7-17-12-6-5-11(8-10(12)9-13)18(15,16)14-4-2/h5-6,8,14H,3-4,7,9,13H2,1-2H3. The zero-order valence-electron chi connectivity index (χ0n) is 10.8. The Morgan fingerprint density at radius 1 is 1.33 bits per heavy atom. The monoisotopic (exact) mass is 272 g/mol. The Labute approximate surface area is 108 Å². The first-order valence-corrected chi connectivity index (χ1v) is 7.49. The zero-order valence-corrected chi connectivity index (χ0v) is 11.6. The number of sulfonamides is 1.